The van der Waals surface area contributed by atoms with E-state index in [1.165, 1.54) is 0 Å². The van der Waals surface area contributed by atoms with Crippen molar-refractivity contribution in [1.82, 2.24) is 0 Å². The molecule has 4 rings (SSSR count). The van der Waals surface area contributed by atoms with Crippen LogP contribution < -0.4 is 9.80 Å². The second-order valence-electron chi connectivity index (χ2n) is 7.23. The van der Waals surface area contributed by atoms with Gasteiger partial charge in [0.2, 0.25) is 0 Å². The van der Waals surface area contributed by atoms with Gasteiger partial charge in [0.25, 0.3) is 11.8 Å². The molecule has 144 valence electrons. The van der Waals surface area contributed by atoms with Crippen molar-refractivity contribution in [1.29, 1.82) is 0 Å². The van der Waals surface area contributed by atoms with Gasteiger partial charge in [-0.2, -0.15) is 0 Å². The molecule has 0 N–H and O–H groups in total. The van der Waals surface area contributed by atoms with Gasteiger partial charge in [0, 0.05) is 0 Å². The van der Waals surface area contributed by atoms with Gasteiger partial charge in [-0.05, 0) is 43.2 Å². The van der Waals surface area contributed by atoms with E-state index in [-0.39, 0.29) is 6.42 Å². The van der Waals surface area contributed by atoms with Gasteiger partial charge in [-0.25, -0.2) is 14.6 Å². The maximum atomic E-state index is 13.5. The molecule has 1 saturated heterocycles. The number of para-hydroxylation sites is 2. The monoisotopic (exact) mass is 384 g/mol. The zero-order valence-corrected chi connectivity index (χ0v) is 16.0. The van der Waals surface area contributed by atoms with Crippen LogP contribution in [0.4, 0.5) is 16.2 Å². The molecule has 1 heterocycles. The number of carbonyl (C=O) groups is 3. The van der Waals surface area contributed by atoms with Gasteiger partial charge in [0.15, 0.2) is 0 Å². The van der Waals surface area contributed by atoms with Crippen molar-refractivity contribution in [3.8, 4) is 0 Å². The smallest absolute Gasteiger partial charge is 0.273 e. The second-order valence-corrected chi connectivity index (χ2v) is 7.23. The van der Waals surface area contributed by atoms with Crippen LogP contribution in [0.1, 0.15) is 12.5 Å². The summed E-state index contributed by atoms with van der Waals surface area (Å²) in [6.45, 7) is 1.61. The number of amides is 4. The molecule has 0 bridgehead atoms. The molecule has 0 saturated carbocycles. The Balaban J connectivity index is 1.85. The van der Waals surface area contributed by atoms with E-state index in [0.29, 0.717) is 11.4 Å². The van der Waals surface area contributed by atoms with Crippen molar-refractivity contribution in [3.05, 3.63) is 96.6 Å². The summed E-state index contributed by atoms with van der Waals surface area (Å²) in [5.41, 5.74) is 0.318. The lowest BCUT2D eigenvalue weighted by atomic mass is 9.79. The van der Waals surface area contributed by atoms with Crippen LogP contribution >= 0.6 is 0 Å². The number of barbiturate groups is 1. The largest absolute Gasteiger partial charge is 0.342 e. The topological polar surface area (TPSA) is 57.7 Å². The van der Waals surface area contributed by atoms with Crippen LogP contribution in [0, 0.1) is 5.41 Å². The molecule has 0 aliphatic carbocycles. The van der Waals surface area contributed by atoms with E-state index < -0.39 is 23.3 Å². The molecule has 3 aromatic carbocycles. The van der Waals surface area contributed by atoms with E-state index in [1.54, 1.807) is 55.5 Å². The fourth-order valence-corrected chi connectivity index (χ4v) is 3.62. The van der Waals surface area contributed by atoms with Crippen molar-refractivity contribution in [3.63, 3.8) is 0 Å². The quantitative estimate of drug-likeness (QED) is 0.625. The molecule has 0 spiro atoms. The maximum Gasteiger partial charge on any atom is 0.342 e. The normalized spacial score (nSPS) is 16.2. The summed E-state index contributed by atoms with van der Waals surface area (Å²) < 4.78 is 0. The van der Waals surface area contributed by atoms with Crippen molar-refractivity contribution in [2.45, 2.75) is 13.3 Å². The second kappa shape index (κ2) is 7.36. The van der Waals surface area contributed by atoms with Crippen LogP contribution in [0.2, 0.25) is 0 Å². The highest BCUT2D eigenvalue weighted by molar-refractivity contribution is 6.38. The number of nitrogens with zero attached hydrogens (tertiary/aromatic N) is 2. The first-order valence-electron chi connectivity index (χ1n) is 9.39. The Morgan fingerprint density at radius 1 is 0.621 bits per heavy atom. The molecule has 0 radical (unpaired) electrons. The Bertz CT molecular complexity index is 988. The third-order valence-electron chi connectivity index (χ3n) is 5.16. The minimum Gasteiger partial charge on any atom is -0.273 e. The summed E-state index contributed by atoms with van der Waals surface area (Å²) in [4.78, 5) is 42.5. The van der Waals surface area contributed by atoms with Crippen LogP contribution in [0.25, 0.3) is 0 Å². The highest BCUT2D eigenvalue weighted by Crippen LogP contribution is 2.37. The molecule has 5 heteroatoms. The van der Waals surface area contributed by atoms with Crippen molar-refractivity contribution < 1.29 is 14.4 Å². The average Bonchev–Trinajstić information content (AvgIpc) is 2.75. The number of rotatable bonds is 4. The number of imide groups is 2. The van der Waals surface area contributed by atoms with E-state index in [2.05, 4.69) is 0 Å². The van der Waals surface area contributed by atoms with Gasteiger partial charge < -0.3 is 0 Å². The van der Waals surface area contributed by atoms with Gasteiger partial charge in [-0.15, -0.1) is 0 Å². The lowest BCUT2D eigenvalue weighted by molar-refractivity contribution is -0.139. The number of carbonyl (C=O) groups excluding carboxylic acids is 3. The summed E-state index contributed by atoms with van der Waals surface area (Å²) in [7, 11) is 0. The van der Waals surface area contributed by atoms with Crippen LogP contribution in [0.5, 0.6) is 0 Å². The molecule has 4 amide bonds. The lowest BCUT2D eigenvalue weighted by Crippen LogP contribution is -2.65. The van der Waals surface area contributed by atoms with E-state index in [4.69, 9.17) is 0 Å². The average molecular weight is 384 g/mol. The first-order valence-corrected chi connectivity index (χ1v) is 9.39. The number of hydrogen-bond donors (Lipinski definition) is 0. The van der Waals surface area contributed by atoms with Crippen LogP contribution in [-0.2, 0) is 16.0 Å². The Morgan fingerprint density at radius 2 is 1.00 bits per heavy atom. The molecular formula is C24H20N2O3. The molecule has 1 fully saturated rings. The number of urea groups is 1. The van der Waals surface area contributed by atoms with Gasteiger partial charge in [0.1, 0.15) is 5.41 Å². The highest BCUT2D eigenvalue weighted by Gasteiger charge is 2.55. The molecule has 3 aromatic rings. The van der Waals surface area contributed by atoms with E-state index in [1.807, 2.05) is 42.5 Å². The number of anilines is 2. The summed E-state index contributed by atoms with van der Waals surface area (Å²) in [6, 6.07) is 26.1. The van der Waals surface area contributed by atoms with Crippen molar-refractivity contribution in [2.24, 2.45) is 5.41 Å². The fourth-order valence-electron chi connectivity index (χ4n) is 3.62. The number of hydrogen-bond acceptors (Lipinski definition) is 3. The predicted octanol–water partition coefficient (Wildman–Crippen LogP) is 4.44. The summed E-state index contributed by atoms with van der Waals surface area (Å²) in [5.74, 6) is -1.04. The van der Waals surface area contributed by atoms with E-state index >= 15 is 0 Å². The van der Waals surface area contributed by atoms with Gasteiger partial charge >= 0.3 is 6.03 Å². The van der Waals surface area contributed by atoms with Gasteiger partial charge in [-0.3, -0.25) is 9.59 Å². The van der Waals surface area contributed by atoms with E-state index in [9.17, 15) is 14.4 Å². The molecule has 5 nitrogen and oxygen atoms in total. The molecule has 1 aliphatic heterocycles. The minimum atomic E-state index is -1.42. The predicted molar refractivity (Wildman–Crippen MR) is 112 cm³/mol. The van der Waals surface area contributed by atoms with Crippen LogP contribution in [0.3, 0.4) is 0 Å². The van der Waals surface area contributed by atoms with E-state index in [0.717, 1.165) is 15.4 Å². The molecule has 0 aromatic heterocycles. The maximum absolute atomic E-state index is 13.5. The van der Waals surface area contributed by atoms with Crippen LogP contribution in [-0.4, -0.2) is 17.8 Å². The van der Waals surface area contributed by atoms with Gasteiger partial charge in [-0.1, -0.05) is 66.7 Å². The number of benzene rings is 3. The SMILES string of the molecule is CC1(Cc2ccccc2)C(=O)N(c2ccccc2)C(=O)N(c2ccccc2)C1=O. The molecule has 29 heavy (non-hydrogen) atoms. The summed E-state index contributed by atoms with van der Waals surface area (Å²) in [6.07, 6.45) is 0.200. The third-order valence-corrected chi connectivity index (χ3v) is 5.16. The van der Waals surface area contributed by atoms with Crippen molar-refractivity contribution in [2.75, 3.05) is 9.80 Å². The molecular weight excluding hydrogens is 364 g/mol. The molecule has 0 atom stereocenters. The fraction of sp³-hybridized carbons (Fsp3) is 0.125. The lowest BCUT2D eigenvalue weighted by Gasteiger charge is -2.42. The van der Waals surface area contributed by atoms with Crippen LogP contribution in [0.15, 0.2) is 91.0 Å². The Labute approximate surface area is 169 Å². The highest BCUT2D eigenvalue weighted by atomic mass is 16.2. The Kier molecular flexibility index (Phi) is 4.72. The zero-order valence-electron chi connectivity index (χ0n) is 16.0. The molecule has 1 aliphatic rings. The zero-order chi connectivity index (χ0) is 20.4. The minimum absolute atomic E-state index is 0.200. The first-order chi connectivity index (χ1) is 14.0. The van der Waals surface area contributed by atoms with Crippen molar-refractivity contribution >= 4 is 29.2 Å². The first kappa shape index (κ1) is 18.6. The molecule has 0 unspecified atom stereocenters. The Hall–Kier alpha value is -3.73. The third kappa shape index (κ3) is 3.21. The summed E-state index contributed by atoms with van der Waals surface area (Å²) >= 11 is 0. The Morgan fingerprint density at radius 3 is 1.41 bits per heavy atom. The summed E-state index contributed by atoms with van der Waals surface area (Å²) in [5, 5.41) is 0. The standard InChI is InChI=1S/C24H20N2O3/c1-24(17-18-11-5-2-6-12-18)21(27)25(19-13-7-3-8-14-19)23(29)26(22(24)28)20-15-9-4-10-16-20/h2-16H,17H2,1H3. The van der Waals surface area contributed by atoms with Gasteiger partial charge in [0.05, 0.1) is 11.4 Å².